The van der Waals surface area contributed by atoms with Gasteiger partial charge in [-0.3, -0.25) is 0 Å². The van der Waals surface area contributed by atoms with Gasteiger partial charge in [-0.25, -0.2) is 9.37 Å². The maximum absolute atomic E-state index is 13.0. The smallest absolute Gasteiger partial charge is 0.239 e. The first-order valence-corrected chi connectivity index (χ1v) is 8.92. The van der Waals surface area contributed by atoms with E-state index in [2.05, 4.69) is 20.4 Å². The summed E-state index contributed by atoms with van der Waals surface area (Å²) in [6.07, 6.45) is -4.44. The first kappa shape index (κ1) is 18.2. The van der Waals surface area contributed by atoms with Crippen molar-refractivity contribution in [2.75, 3.05) is 0 Å². The third kappa shape index (κ3) is 3.91. The summed E-state index contributed by atoms with van der Waals surface area (Å²) in [6, 6.07) is 10.7. The standard InChI is InChI=1S/C18H11F4N5S/c19-14-6-4-11(5-7-14)17-23-15(10-28-17)9-27-25-16(24-26-27)12-2-1-3-13(8-12)18(20,21)22/h1-8,10H,9H2. The molecule has 0 aliphatic heterocycles. The van der Waals surface area contributed by atoms with Gasteiger partial charge in [-0.15, -0.1) is 21.5 Å². The molecule has 5 nitrogen and oxygen atoms in total. The molecule has 0 unspecified atom stereocenters. The normalized spacial score (nSPS) is 11.7. The van der Waals surface area contributed by atoms with Gasteiger partial charge in [0.2, 0.25) is 5.82 Å². The number of thiazole rings is 1. The van der Waals surface area contributed by atoms with Gasteiger partial charge in [-0.05, 0) is 41.6 Å². The summed E-state index contributed by atoms with van der Waals surface area (Å²) in [5.41, 5.74) is 0.905. The first-order chi connectivity index (χ1) is 13.4. The lowest BCUT2D eigenvalue weighted by Gasteiger charge is -2.06. The van der Waals surface area contributed by atoms with Gasteiger partial charge in [-0.1, -0.05) is 12.1 Å². The highest BCUT2D eigenvalue weighted by Gasteiger charge is 2.30. The van der Waals surface area contributed by atoms with Crippen LogP contribution >= 0.6 is 11.3 Å². The minimum Gasteiger partial charge on any atom is -0.239 e. The van der Waals surface area contributed by atoms with Gasteiger partial charge >= 0.3 is 6.18 Å². The molecule has 0 fully saturated rings. The van der Waals surface area contributed by atoms with Crippen LogP contribution in [0.1, 0.15) is 11.3 Å². The number of nitrogens with zero attached hydrogens (tertiary/aromatic N) is 5. The van der Waals surface area contributed by atoms with E-state index in [1.165, 1.54) is 40.4 Å². The molecule has 0 aliphatic rings. The minimum absolute atomic E-state index is 0.0973. The van der Waals surface area contributed by atoms with Gasteiger partial charge in [0.15, 0.2) is 0 Å². The van der Waals surface area contributed by atoms with Crippen molar-refractivity contribution in [1.82, 2.24) is 25.2 Å². The number of hydrogen-bond acceptors (Lipinski definition) is 5. The van der Waals surface area contributed by atoms with Crippen LogP contribution in [0, 0.1) is 5.82 Å². The van der Waals surface area contributed by atoms with Crippen LogP contribution in [0.3, 0.4) is 0 Å². The van der Waals surface area contributed by atoms with Gasteiger partial charge in [0.25, 0.3) is 0 Å². The van der Waals surface area contributed by atoms with E-state index in [9.17, 15) is 17.6 Å². The first-order valence-electron chi connectivity index (χ1n) is 8.04. The Morgan fingerprint density at radius 2 is 1.79 bits per heavy atom. The molecule has 0 saturated heterocycles. The van der Waals surface area contributed by atoms with Gasteiger partial charge in [0, 0.05) is 16.5 Å². The zero-order valence-electron chi connectivity index (χ0n) is 14.1. The van der Waals surface area contributed by atoms with Crippen LogP contribution in [0.4, 0.5) is 17.6 Å². The minimum atomic E-state index is -4.44. The highest BCUT2D eigenvalue weighted by Crippen LogP contribution is 2.31. The maximum atomic E-state index is 13.0. The number of rotatable bonds is 4. The van der Waals surface area contributed by atoms with E-state index in [0.29, 0.717) is 10.7 Å². The second-order valence-electron chi connectivity index (χ2n) is 5.87. The Morgan fingerprint density at radius 3 is 2.54 bits per heavy atom. The molecule has 0 N–H and O–H groups in total. The van der Waals surface area contributed by atoms with Crippen molar-refractivity contribution in [2.24, 2.45) is 0 Å². The summed E-state index contributed by atoms with van der Waals surface area (Å²) in [7, 11) is 0. The van der Waals surface area contributed by atoms with Crippen molar-refractivity contribution in [3.8, 4) is 22.0 Å². The Hall–Kier alpha value is -3.14. The molecule has 2 heterocycles. The second kappa shape index (κ2) is 7.12. The molecule has 0 spiro atoms. The second-order valence-corrected chi connectivity index (χ2v) is 6.73. The van der Waals surface area contributed by atoms with Gasteiger partial charge < -0.3 is 0 Å². The molecule has 2 aromatic carbocycles. The van der Waals surface area contributed by atoms with Crippen molar-refractivity contribution in [3.63, 3.8) is 0 Å². The average Bonchev–Trinajstić information content (AvgIpc) is 3.32. The Kier molecular flexibility index (Phi) is 4.63. The Morgan fingerprint density at radius 1 is 1.00 bits per heavy atom. The Bertz CT molecular complexity index is 1100. The summed E-state index contributed by atoms with van der Waals surface area (Å²) >= 11 is 1.39. The molecule has 0 radical (unpaired) electrons. The van der Waals surface area contributed by atoms with E-state index in [1.807, 2.05) is 5.38 Å². The zero-order chi connectivity index (χ0) is 19.7. The van der Waals surface area contributed by atoms with E-state index in [0.717, 1.165) is 17.7 Å². The molecule has 28 heavy (non-hydrogen) atoms. The van der Waals surface area contributed by atoms with E-state index in [4.69, 9.17) is 0 Å². The number of aromatic nitrogens is 5. The number of benzene rings is 2. The largest absolute Gasteiger partial charge is 0.416 e. The fourth-order valence-corrected chi connectivity index (χ4v) is 3.33. The topological polar surface area (TPSA) is 56.5 Å². The monoisotopic (exact) mass is 405 g/mol. The van der Waals surface area contributed by atoms with Crippen LogP contribution < -0.4 is 0 Å². The summed E-state index contributed by atoms with van der Waals surface area (Å²) in [4.78, 5) is 5.72. The van der Waals surface area contributed by atoms with E-state index in [-0.39, 0.29) is 23.7 Å². The molecule has 4 rings (SSSR count). The van der Waals surface area contributed by atoms with Gasteiger partial charge in [-0.2, -0.15) is 18.0 Å². The number of hydrogen-bond donors (Lipinski definition) is 0. The Balaban J connectivity index is 1.52. The zero-order valence-corrected chi connectivity index (χ0v) is 14.9. The fourth-order valence-electron chi connectivity index (χ4n) is 2.51. The van der Waals surface area contributed by atoms with Crippen molar-refractivity contribution >= 4 is 11.3 Å². The molecule has 4 aromatic rings. The summed E-state index contributed by atoms with van der Waals surface area (Å²) in [5.74, 6) is -0.227. The van der Waals surface area contributed by atoms with Crippen LogP contribution in [0.15, 0.2) is 53.9 Å². The number of alkyl halides is 3. The average molecular weight is 405 g/mol. The molecule has 0 aliphatic carbocycles. The van der Waals surface area contributed by atoms with Crippen LogP contribution in [0.25, 0.3) is 22.0 Å². The van der Waals surface area contributed by atoms with Crippen LogP contribution in [0.5, 0.6) is 0 Å². The molecular weight excluding hydrogens is 394 g/mol. The predicted molar refractivity (Wildman–Crippen MR) is 94.9 cm³/mol. The molecule has 10 heteroatoms. The van der Waals surface area contributed by atoms with Crippen molar-refractivity contribution in [2.45, 2.75) is 12.7 Å². The predicted octanol–water partition coefficient (Wildman–Crippen LogP) is 4.67. The van der Waals surface area contributed by atoms with Crippen molar-refractivity contribution in [1.29, 1.82) is 0 Å². The van der Waals surface area contributed by atoms with Crippen LogP contribution in [-0.2, 0) is 12.7 Å². The highest BCUT2D eigenvalue weighted by molar-refractivity contribution is 7.13. The SMILES string of the molecule is Fc1ccc(-c2nc(Cn3nnc(-c4cccc(C(F)(F)F)c4)n3)cs2)cc1. The molecule has 0 saturated carbocycles. The fraction of sp³-hybridized carbons (Fsp3) is 0.111. The van der Waals surface area contributed by atoms with E-state index in [1.54, 1.807) is 12.1 Å². The summed E-state index contributed by atoms with van der Waals surface area (Å²) in [6.45, 7) is 0.212. The lowest BCUT2D eigenvalue weighted by Crippen LogP contribution is -2.05. The van der Waals surface area contributed by atoms with Gasteiger partial charge in [0.05, 0.1) is 11.3 Å². The molecule has 0 amide bonds. The van der Waals surface area contributed by atoms with Gasteiger partial charge in [0.1, 0.15) is 17.4 Å². The number of tetrazole rings is 1. The van der Waals surface area contributed by atoms with E-state index < -0.39 is 11.7 Å². The molecule has 0 atom stereocenters. The summed E-state index contributed by atoms with van der Waals surface area (Å²) < 4.78 is 51.6. The molecular formula is C18H11F4N5S. The summed E-state index contributed by atoms with van der Waals surface area (Å²) in [5, 5.41) is 14.4. The quantitative estimate of drug-likeness (QED) is 0.463. The third-order valence-electron chi connectivity index (χ3n) is 3.85. The lowest BCUT2D eigenvalue weighted by atomic mass is 10.1. The highest BCUT2D eigenvalue weighted by atomic mass is 32.1. The van der Waals surface area contributed by atoms with Crippen LogP contribution in [0.2, 0.25) is 0 Å². The van der Waals surface area contributed by atoms with Crippen molar-refractivity contribution in [3.05, 3.63) is 71.0 Å². The maximum Gasteiger partial charge on any atom is 0.416 e. The molecule has 2 aromatic heterocycles. The van der Waals surface area contributed by atoms with Crippen LogP contribution in [-0.4, -0.2) is 25.2 Å². The molecule has 0 bridgehead atoms. The number of halogens is 4. The van der Waals surface area contributed by atoms with E-state index >= 15 is 0 Å². The Labute approximate surface area is 160 Å². The van der Waals surface area contributed by atoms with Crippen molar-refractivity contribution < 1.29 is 17.6 Å². The molecule has 142 valence electrons. The lowest BCUT2D eigenvalue weighted by molar-refractivity contribution is -0.137. The third-order valence-corrected chi connectivity index (χ3v) is 4.79.